The van der Waals surface area contributed by atoms with Gasteiger partial charge in [-0.15, -0.1) is 0 Å². The molecule has 2 aromatic carbocycles. The summed E-state index contributed by atoms with van der Waals surface area (Å²) in [6.45, 7) is 3.20. The van der Waals surface area contributed by atoms with E-state index in [0.717, 1.165) is 26.2 Å². The van der Waals surface area contributed by atoms with Gasteiger partial charge in [-0.3, -0.25) is 9.69 Å². The summed E-state index contributed by atoms with van der Waals surface area (Å²) in [7, 11) is 4.35. The van der Waals surface area contributed by atoms with Gasteiger partial charge < -0.3 is 30.4 Å². The van der Waals surface area contributed by atoms with Crippen LogP contribution in [0.15, 0.2) is 72.2 Å². The highest BCUT2D eigenvalue weighted by atomic mass is 19.1. The third-order valence-corrected chi connectivity index (χ3v) is 8.00. The van der Waals surface area contributed by atoms with Gasteiger partial charge in [0.05, 0.1) is 26.3 Å². The van der Waals surface area contributed by atoms with Crippen molar-refractivity contribution in [2.75, 3.05) is 54.1 Å². The van der Waals surface area contributed by atoms with Crippen LogP contribution in [0.4, 0.5) is 8.78 Å². The van der Waals surface area contributed by atoms with E-state index in [-0.39, 0.29) is 30.3 Å². The molecule has 2 aliphatic rings. The molecular formula is C31H39F2N3O5. The fraction of sp³-hybridized carbons (Fsp3) is 0.452. The molecule has 4 N–H and O–H groups in total. The molecule has 0 saturated carbocycles. The number of piperazine rings is 1. The first kappa shape index (κ1) is 30.8. The lowest BCUT2D eigenvalue weighted by molar-refractivity contribution is -0.142. The van der Waals surface area contributed by atoms with Gasteiger partial charge in [0.25, 0.3) is 0 Å². The Morgan fingerprint density at radius 2 is 1.44 bits per heavy atom. The number of nitrogens with zero attached hydrogens (tertiary/aromatic N) is 1. The number of hydrogen-bond donors (Lipinski definition) is 3. The highest BCUT2D eigenvalue weighted by Gasteiger charge is 2.53. The highest BCUT2D eigenvalue weighted by Crippen LogP contribution is 2.41. The molecule has 1 heterocycles. The zero-order chi connectivity index (χ0) is 29.7. The van der Waals surface area contributed by atoms with Crippen LogP contribution in [0.25, 0.3) is 0 Å². The van der Waals surface area contributed by atoms with Crippen LogP contribution in [-0.4, -0.2) is 81.0 Å². The summed E-state index contributed by atoms with van der Waals surface area (Å²) in [6.07, 6.45) is 4.28. The zero-order valence-corrected chi connectivity index (χ0v) is 23.8. The second kappa shape index (κ2) is 12.8. The fourth-order valence-electron chi connectivity index (χ4n) is 5.73. The first-order valence-electron chi connectivity index (χ1n) is 13.7. The number of carbonyl (C=O) groups excluding carboxylic acids is 1. The van der Waals surface area contributed by atoms with E-state index < -0.39 is 28.4 Å². The van der Waals surface area contributed by atoms with Crippen molar-refractivity contribution in [2.24, 2.45) is 5.73 Å². The van der Waals surface area contributed by atoms with Crippen LogP contribution in [0.2, 0.25) is 0 Å². The largest absolute Gasteiger partial charge is 0.497 e. The SMILES string of the molecule is COC1=CC(N)(CCCC(O)(c2ccc(F)cc2)c2ccc(F)cc2)C=C(OC)C1(OC)C(=O)CN1CCNCC1. The van der Waals surface area contributed by atoms with Crippen molar-refractivity contribution in [2.45, 2.75) is 36.0 Å². The predicted octanol–water partition coefficient (Wildman–Crippen LogP) is 3.00. The Morgan fingerprint density at radius 1 is 0.951 bits per heavy atom. The maximum absolute atomic E-state index is 13.7. The zero-order valence-electron chi connectivity index (χ0n) is 23.8. The number of Topliss-reactive ketones (excluding diaryl/α,β-unsaturated/α-hetero) is 1. The normalized spacial score (nSPS) is 23.5. The standard InChI is InChI=1S/C31H39F2N3O5/c1-39-27-19-29(34,20-28(40-2)31(27,41-3)26(37)21-36-17-15-35-16-18-36)13-4-14-30(38,22-5-9-24(32)10-6-22)23-7-11-25(33)12-8-23/h5-12,19-20,35,38H,4,13-18,21,34H2,1-3H3. The van der Waals surface area contributed by atoms with Crippen molar-refractivity contribution in [1.82, 2.24) is 10.2 Å². The maximum atomic E-state index is 13.7. The predicted molar refractivity (Wildman–Crippen MR) is 151 cm³/mol. The van der Waals surface area contributed by atoms with Gasteiger partial charge in [0.1, 0.15) is 28.8 Å². The highest BCUT2D eigenvalue weighted by molar-refractivity contribution is 5.95. The molecule has 4 rings (SSSR count). The van der Waals surface area contributed by atoms with Gasteiger partial charge in [0.15, 0.2) is 5.78 Å². The van der Waals surface area contributed by atoms with Crippen LogP contribution < -0.4 is 11.1 Å². The lowest BCUT2D eigenvalue weighted by atomic mass is 9.77. The second-order valence-electron chi connectivity index (χ2n) is 10.6. The summed E-state index contributed by atoms with van der Waals surface area (Å²) in [5, 5.41) is 15.1. The van der Waals surface area contributed by atoms with Gasteiger partial charge in [0, 0.05) is 33.3 Å². The van der Waals surface area contributed by atoms with Crippen LogP contribution >= 0.6 is 0 Å². The number of rotatable bonds is 12. The number of ether oxygens (including phenoxy) is 3. The minimum atomic E-state index is -1.58. The first-order chi connectivity index (χ1) is 19.6. The molecule has 222 valence electrons. The lowest BCUT2D eigenvalue weighted by Gasteiger charge is -2.41. The molecule has 0 radical (unpaired) electrons. The smallest absolute Gasteiger partial charge is 0.240 e. The molecule has 1 aliphatic heterocycles. The summed E-state index contributed by atoms with van der Waals surface area (Å²) in [6, 6.07) is 11.2. The number of benzene rings is 2. The number of halogens is 2. The minimum absolute atomic E-state index is 0.150. The molecule has 0 bridgehead atoms. The molecule has 41 heavy (non-hydrogen) atoms. The van der Waals surface area contributed by atoms with Crippen molar-refractivity contribution >= 4 is 5.78 Å². The monoisotopic (exact) mass is 571 g/mol. The molecule has 0 atom stereocenters. The van der Waals surface area contributed by atoms with E-state index in [1.54, 1.807) is 12.2 Å². The molecule has 0 amide bonds. The van der Waals surface area contributed by atoms with E-state index in [4.69, 9.17) is 19.9 Å². The van der Waals surface area contributed by atoms with Crippen LogP contribution in [0, 0.1) is 11.6 Å². The third-order valence-electron chi connectivity index (χ3n) is 8.00. The van der Waals surface area contributed by atoms with Crippen LogP contribution in [-0.2, 0) is 24.6 Å². The maximum Gasteiger partial charge on any atom is 0.240 e. The average Bonchev–Trinajstić information content (AvgIpc) is 2.97. The van der Waals surface area contributed by atoms with Gasteiger partial charge in [-0.2, -0.15) is 0 Å². The molecule has 0 aromatic heterocycles. The van der Waals surface area contributed by atoms with Crippen molar-refractivity contribution in [3.63, 3.8) is 0 Å². The van der Waals surface area contributed by atoms with E-state index in [9.17, 15) is 18.7 Å². The molecular weight excluding hydrogens is 532 g/mol. The van der Waals surface area contributed by atoms with Crippen molar-refractivity contribution < 1.29 is 32.9 Å². The molecule has 0 unspecified atom stereocenters. The molecule has 1 saturated heterocycles. The Labute approximate surface area is 239 Å². The fourth-order valence-corrected chi connectivity index (χ4v) is 5.73. The Kier molecular flexibility index (Phi) is 9.61. The van der Waals surface area contributed by atoms with Crippen LogP contribution in [0.1, 0.15) is 30.4 Å². The molecule has 10 heteroatoms. The van der Waals surface area contributed by atoms with Gasteiger partial charge in [-0.1, -0.05) is 24.3 Å². The van der Waals surface area contributed by atoms with E-state index in [1.165, 1.54) is 69.9 Å². The molecule has 8 nitrogen and oxygen atoms in total. The van der Waals surface area contributed by atoms with Crippen molar-refractivity contribution in [3.8, 4) is 0 Å². The van der Waals surface area contributed by atoms with E-state index in [0.29, 0.717) is 24.0 Å². The second-order valence-corrected chi connectivity index (χ2v) is 10.6. The molecule has 1 fully saturated rings. The number of nitrogens with one attached hydrogen (secondary N) is 1. The lowest BCUT2D eigenvalue weighted by Crippen LogP contribution is -2.56. The summed E-state index contributed by atoms with van der Waals surface area (Å²) in [4.78, 5) is 15.8. The number of nitrogens with two attached hydrogens (primary N) is 1. The Balaban J connectivity index is 1.59. The summed E-state index contributed by atoms with van der Waals surface area (Å²) in [5.41, 5.74) is 3.56. The number of hydrogen-bond acceptors (Lipinski definition) is 8. The summed E-state index contributed by atoms with van der Waals surface area (Å²) < 4.78 is 44.6. The van der Waals surface area contributed by atoms with Crippen molar-refractivity contribution in [1.29, 1.82) is 0 Å². The van der Waals surface area contributed by atoms with Crippen LogP contribution in [0.5, 0.6) is 0 Å². The third kappa shape index (κ3) is 6.37. The summed E-state index contributed by atoms with van der Waals surface area (Å²) in [5.74, 6) is -0.627. The summed E-state index contributed by atoms with van der Waals surface area (Å²) >= 11 is 0. The molecule has 2 aromatic rings. The van der Waals surface area contributed by atoms with Gasteiger partial charge in [-0.05, 0) is 66.8 Å². The number of aliphatic hydroxyl groups is 1. The van der Waals surface area contributed by atoms with Crippen LogP contribution in [0.3, 0.4) is 0 Å². The minimum Gasteiger partial charge on any atom is -0.497 e. The number of methoxy groups -OCH3 is 3. The van der Waals surface area contributed by atoms with E-state index in [1.807, 2.05) is 0 Å². The topological polar surface area (TPSA) is 106 Å². The van der Waals surface area contributed by atoms with Gasteiger partial charge in [-0.25, -0.2) is 8.78 Å². The average molecular weight is 572 g/mol. The van der Waals surface area contributed by atoms with Gasteiger partial charge in [0.2, 0.25) is 5.60 Å². The van der Waals surface area contributed by atoms with Crippen molar-refractivity contribution in [3.05, 3.63) is 95.0 Å². The Bertz CT molecular complexity index is 1190. The Hall–Kier alpha value is -3.15. The van der Waals surface area contributed by atoms with Gasteiger partial charge >= 0.3 is 0 Å². The Morgan fingerprint density at radius 3 is 1.88 bits per heavy atom. The number of ketones is 1. The quantitative estimate of drug-likeness (QED) is 0.357. The molecule has 1 aliphatic carbocycles. The molecule has 0 spiro atoms. The first-order valence-corrected chi connectivity index (χ1v) is 13.7. The number of carbonyl (C=O) groups is 1. The van der Waals surface area contributed by atoms with E-state index in [2.05, 4.69) is 10.2 Å². The van der Waals surface area contributed by atoms with E-state index >= 15 is 0 Å².